The average Bonchev–Trinajstić information content (AvgIpc) is 2.85. The van der Waals surface area contributed by atoms with Crippen LogP contribution in [0, 0.1) is 0 Å². The average molecular weight is 331 g/mol. The maximum absolute atomic E-state index is 12.1. The topological polar surface area (TPSA) is 78.8 Å². The van der Waals surface area contributed by atoms with Gasteiger partial charge in [0.05, 0.1) is 21.5 Å². The Balaban J connectivity index is 2.43. The van der Waals surface area contributed by atoms with Gasteiger partial charge in [0.1, 0.15) is 0 Å². The minimum atomic E-state index is -3.90. The highest BCUT2D eigenvalue weighted by Gasteiger charge is 2.19. The Kier molecular flexibility index (Phi) is 4.42. The van der Waals surface area contributed by atoms with Crippen LogP contribution >= 0.6 is 23.4 Å². The van der Waals surface area contributed by atoms with Gasteiger partial charge < -0.3 is 9.84 Å². The monoisotopic (exact) mass is 330 g/mol. The van der Waals surface area contributed by atoms with Gasteiger partial charge in [0.15, 0.2) is 0 Å². The van der Waals surface area contributed by atoms with Gasteiger partial charge in [0.2, 0.25) is 0 Å². The molecule has 0 saturated heterocycles. The van der Waals surface area contributed by atoms with E-state index in [1.807, 2.05) is 0 Å². The number of hydrogen-bond acceptors (Lipinski definition) is 5. The fourth-order valence-corrected chi connectivity index (χ4v) is 3.34. The first-order chi connectivity index (χ1) is 9.44. The lowest BCUT2D eigenvalue weighted by molar-refractivity contribution is -0.353. The van der Waals surface area contributed by atoms with Crippen LogP contribution < -0.4 is 5.11 Å². The van der Waals surface area contributed by atoms with Gasteiger partial charge in [0, 0.05) is 5.02 Å². The second kappa shape index (κ2) is 5.90. The third-order valence-electron chi connectivity index (χ3n) is 2.35. The molecule has 1 aliphatic rings. The van der Waals surface area contributed by atoms with Crippen LogP contribution in [-0.4, -0.2) is 21.2 Å². The number of hydrogen-bond donors (Lipinski definition) is 0. The standard InChI is InChI=1S/C12H10ClNO4S2/c1-18-12(15)11-10(6-7-19-11)14-20(16,17)9-4-2-8(13)3-5-9/h2-7,15H,1H3/p-1. The van der Waals surface area contributed by atoms with E-state index in [1.165, 1.54) is 37.5 Å². The maximum atomic E-state index is 12.1. The number of thioether (sulfide) groups is 1. The van der Waals surface area contributed by atoms with Crippen molar-refractivity contribution < 1.29 is 18.3 Å². The first kappa shape index (κ1) is 15.0. The van der Waals surface area contributed by atoms with Crippen LogP contribution in [0.3, 0.4) is 0 Å². The Hall–Kier alpha value is -1.44. The second-order valence-electron chi connectivity index (χ2n) is 3.65. The van der Waals surface area contributed by atoms with Gasteiger partial charge in [-0.15, -0.1) is 0 Å². The lowest BCUT2D eigenvalue weighted by Gasteiger charge is -2.12. The normalized spacial score (nSPS) is 19.4. The largest absolute Gasteiger partial charge is 0.616 e. The van der Waals surface area contributed by atoms with Crippen molar-refractivity contribution in [2.24, 2.45) is 4.40 Å². The number of benzene rings is 1. The molecule has 1 aromatic carbocycles. The Bertz CT molecular complexity index is 705. The van der Waals surface area contributed by atoms with Crippen molar-refractivity contribution in [1.29, 1.82) is 0 Å². The first-order valence-corrected chi connectivity index (χ1v) is 8.03. The molecule has 20 heavy (non-hydrogen) atoms. The summed E-state index contributed by atoms with van der Waals surface area (Å²) in [6.45, 7) is 0. The van der Waals surface area contributed by atoms with Crippen molar-refractivity contribution in [3.63, 3.8) is 0 Å². The predicted octanol–water partition coefficient (Wildman–Crippen LogP) is 1.91. The van der Waals surface area contributed by atoms with Gasteiger partial charge in [-0.25, -0.2) is 0 Å². The Morgan fingerprint density at radius 1 is 1.35 bits per heavy atom. The van der Waals surface area contributed by atoms with Gasteiger partial charge in [-0.2, -0.15) is 12.8 Å². The van der Waals surface area contributed by atoms with Crippen LogP contribution in [0.1, 0.15) is 0 Å². The number of allylic oxidation sites excluding steroid dienone is 2. The second-order valence-corrected chi connectivity index (χ2v) is 6.60. The quantitative estimate of drug-likeness (QED) is 0.791. The van der Waals surface area contributed by atoms with E-state index in [4.69, 9.17) is 11.6 Å². The molecule has 2 rings (SSSR count). The van der Waals surface area contributed by atoms with Gasteiger partial charge in [-0.05, 0) is 42.9 Å². The molecule has 0 amide bonds. The van der Waals surface area contributed by atoms with E-state index in [-0.39, 0.29) is 15.5 Å². The van der Waals surface area contributed by atoms with E-state index < -0.39 is 16.0 Å². The minimum Gasteiger partial charge on any atom is -0.616 e. The summed E-state index contributed by atoms with van der Waals surface area (Å²) < 4.78 is 32.5. The molecule has 106 valence electrons. The molecule has 0 fully saturated rings. The molecule has 0 spiro atoms. The highest BCUT2D eigenvalue weighted by molar-refractivity contribution is 8.07. The minimum absolute atomic E-state index is 0.00363. The number of nitrogens with zero attached hydrogens (tertiary/aromatic N) is 1. The van der Waals surface area contributed by atoms with Crippen LogP contribution in [0.2, 0.25) is 5.02 Å². The summed E-state index contributed by atoms with van der Waals surface area (Å²) in [6.07, 6.45) is 1.45. The van der Waals surface area contributed by atoms with E-state index in [0.29, 0.717) is 5.02 Å². The molecule has 5 nitrogen and oxygen atoms in total. The predicted molar refractivity (Wildman–Crippen MR) is 76.8 cm³/mol. The maximum Gasteiger partial charge on any atom is 0.282 e. The zero-order chi connectivity index (χ0) is 14.8. The summed E-state index contributed by atoms with van der Waals surface area (Å²) in [7, 11) is -2.68. The Morgan fingerprint density at radius 2 is 2.00 bits per heavy atom. The lowest BCUT2D eigenvalue weighted by Crippen LogP contribution is -2.12. The van der Waals surface area contributed by atoms with Crippen LogP contribution in [0.15, 0.2) is 55.9 Å². The fourth-order valence-electron chi connectivity index (χ4n) is 1.41. The highest BCUT2D eigenvalue weighted by Crippen LogP contribution is 2.29. The summed E-state index contributed by atoms with van der Waals surface area (Å²) in [4.78, 5) is 0.147. The van der Waals surface area contributed by atoms with E-state index >= 15 is 0 Å². The molecule has 0 aromatic heterocycles. The number of halogens is 1. The van der Waals surface area contributed by atoms with Gasteiger partial charge in [0.25, 0.3) is 10.0 Å². The van der Waals surface area contributed by atoms with Crippen molar-refractivity contribution in [2.45, 2.75) is 4.90 Å². The third-order valence-corrected chi connectivity index (χ3v) is 4.79. The van der Waals surface area contributed by atoms with Crippen LogP contribution in [0.25, 0.3) is 0 Å². The summed E-state index contributed by atoms with van der Waals surface area (Å²) in [6, 6.07) is 5.62. The lowest BCUT2D eigenvalue weighted by atomic mass is 10.3. The molecule has 0 N–H and O–H groups in total. The Morgan fingerprint density at radius 3 is 2.60 bits per heavy atom. The van der Waals surface area contributed by atoms with Crippen molar-refractivity contribution >= 4 is 39.1 Å². The Labute approximate surface area is 125 Å². The molecule has 8 heteroatoms. The van der Waals surface area contributed by atoms with E-state index in [9.17, 15) is 13.5 Å². The molecule has 0 aliphatic carbocycles. The molecular formula is C12H9ClNO4S2-. The zero-order valence-electron chi connectivity index (χ0n) is 10.2. The van der Waals surface area contributed by atoms with Gasteiger partial charge in [-0.1, -0.05) is 23.4 Å². The summed E-state index contributed by atoms with van der Waals surface area (Å²) in [5, 5.41) is 13.5. The number of rotatable bonds is 3. The molecule has 1 heterocycles. The van der Waals surface area contributed by atoms with E-state index in [0.717, 1.165) is 11.8 Å². The van der Waals surface area contributed by atoms with Crippen LogP contribution in [0.4, 0.5) is 0 Å². The molecular weight excluding hydrogens is 322 g/mol. The number of sulfonamides is 1. The molecule has 1 aromatic rings. The molecule has 0 radical (unpaired) electrons. The SMILES string of the molecule is COC([O-])=C1SC=CC1=NS(=O)(=O)c1ccc(Cl)cc1. The smallest absolute Gasteiger partial charge is 0.282 e. The van der Waals surface area contributed by atoms with Gasteiger partial charge >= 0.3 is 0 Å². The molecule has 1 aliphatic heterocycles. The summed E-state index contributed by atoms with van der Waals surface area (Å²) in [5.74, 6) is -0.620. The summed E-state index contributed by atoms with van der Waals surface area (Å²) in [5.41, 5.74) is 0.0665. The van der Waals surface area contributed by atoms with Crippen molar-refractivity contribution in [3.05, 3.63) is 51.6 Å². The zero-order valence-corrected chi connectivity index (χ0v) is 12.6. The van der Waals surface area contributed by atoms with Crippen LogP contribution in [0.5, 0.6) is 0 Å². The van der Waals surface area contributed by atoms with E-state index in [2.05, 4.69) is 9.13 Å². The van der Waals surface area contributed by atoms with Crippen molar-refractivity contribution in [3.8, 4) is 0 Å². The van der Waals surface area contributed by atoms with Crippen molar-refractivity contribution in [2.75, 3.05) is 7.11 Å². The molecule has 0 atom stereocenters. The number of methoxy groups -OCH3 is 1. The molecule has 0 unspecified atom stereocenters. The summed E-state index contributed by atoms with van der Waals surface area (Å²) >= 11 is 6.77. The molecule has 0 bridgehead atoms. The fraction of sp³-hybridized carbons (Fsp3) is 0.0833. The third kappa shape index (κ3) is 3.17. The van der Waals surface area contributed by atoms with Gasteiger partial charge in [-0.3, -0.25) is 0 Å². The highest BCUT2D eigenvalue weighted by atomic mass is 35.5. The molecule has 0 saturated carbocycles. The van der Waals surface area contributed by atoms with Crippen molar-refractivity contribution in [1.82, 2.24) is 0 Å². The van der Waals surface area contributed by atoms with E-state index in [1.54, 1.807) is 5.41 Å². The number of ether oxygens (including phenoxy) is 1. The van der Waals surface area contributed by atoms with Crippen LogP contribution in [-0.2, 0) is 14.8 Å². The first-order valence-electron chi connectivity index (χ1n) is 5.33.